The van der Waals surface area contributed by atoms with Crippen LogP contribution in [0.5, 0.6) is 0 Å². The summed E-state index contributed by atoms with van der Waals surface area (Å²) in [5.41, 5.74) is 1.74. The second-order valence-electron chi connectivity index (χ2n) is 5.00. The molecule has 5 heteroatoms. The number of aromatic nitrogens is 2. The number of hydrogen-bond donors (Lipinski definition) is 1. The monoisotopic (exact) mass is 242 g/mol. The van der Waals surface area contributed by atoms with Crippen LogP contribution in [0.25, 0.3) is 11.0 Å². The number of amides is 1. The van der Waals surface area contributed by atoms with E-state index in [9.17, 15) is 4.79 Å². The van der Waals surface area contributed by atoms with E-state index in [2.05, 4.69) is 10.3 Å². The van der Waals surface area contributed by atoms with Crippen LogP contribution in [0.3, 0.4) is 0 Å². The summed E-state index contributed by atoms with van der Waals surface area (Å²) in [5.74, 6) is 0.658. The zero-order chi connectivity index (χ0) is 12.3. The highest BCUT2D eigenvalue weighted by Gasteiger charge is 2.40. The van der Waals surface area contributed by atoms with Gasteiger partial charge in [-0.2, -0.15) is 0 Å². The lowest BCUT2D eigenvalue weighted by molar-refractivity contribution is 0.178. The highest BCUT2D eigenvalue weighted by molar-refractivity contribution is 5.94. The number of imidazole rings is 1. The lowest BCUT2D eigenvalue weighted by Crippen LogP contribution is -2.50. The number of carbonyl (C=O) groups excluding carboxylic acids is 1. The molecule has 1 amide bonds. The topological polar surface area (TPSA) is 50.2 Å². The molecule has 92 valence electrons. The molecule has 2 aliphatic rings. The normalized spacial score (nSPS) is 23.1. The maximum Gasteiger partial charge on any atom is 0.333 e. The van der Waals surface area contributed by atoms with Gasteiger partial charge >= 0.3 is 6.03 Å². The van der Waals surface area contributed by atoms with Crippen molar-refractivity contribution in [2.45, 2.75) is 32.0 Å². The average molecular weight is 242 g/mol. The standard InChI is InChI=1S/C13H14N4O/c1-8-14-12-15-10-4-2-3-5-11(10)17(12)13(18)16(8)9-6-7-9/h2-5,8-9H,6-7H2,1H3,(H,14,15). The number of hydrogen-bond acceptors (Lipinski definition) is 3. The van der Waals surface area contributed by atoms with Crippen LogP contribution in [0.4, 0.5) is 10.7 Å². The number of nitrogens with zero attached hydrogens (tertiary/aromatic N) is 3. The van der Waals surface area contributed by atoms with Crippen LogP contribution in [-0.4, -0.2) is 32.7 Å². The van der Waals surface area contributed by atoms with Crippen molar-refractivity contribution in [2.75, 3.05) is 5.32 Å². The minimum absolute atomic E-state index is 0.0225. The molecule has 0 saturated heterocycles. The van der Waals surface area contributed by atoms with E-state index in [1.807, 2.05) is 36.1 Å². The Morgan fingerprint density at radius 2 is 2.11 bits per heavy atom. The second-order valence-corrected chi connectivity index (χ2v) is 5.00. The number of para-hydroxylation sites is 2. The summed E-state index contributed by atoms with van der Waals surface area (Å²) in [6.07, 6.45) is 2.24. The predicted molar refractivity (Wildman–Crippen MR) is 68.5 cm³/mol. The van der Waals surface area contributed by atoms with E-state index in [4.69, 9.17) is 0 Å². The Kier molecular flexibility index (Phi) is 1.79. The number of benzene rings is 1. The fourth-order valence-electron chi connectivity index (χ4n) is 2.68. The molecule has 1 unspecified atom stereocenters. The number of fused-ring (bicyclic) bond motifs is 3. The van der Waals surface area contributed by atoms with Gasteiger partial charge in [-0.15, -0.1) is 0 Å². The fourth-order valence-corrected chi connectivity index (χ4v) is 2.68. The molecule has 1 N–H and O–H groups in total. The van der Waals surface area contributed by atoms with Crippen LogP contribution in [0.2, 0.25) is 0 Å². The maximum absolute atomic E-state index is 12.6. The average Bonchev–Trinajstić information content (AvgIpc) is 3.09. The summed E-state index contributed by atoms with van der Waals surface area (Å²) in [4.78, 5) is 19.0. The van der Waals surface area contributed by atoms with Gasteiger partial charge in [-0.3, -0.25) is 0 Å². The molecule has 4 rings (SSSR count). The molecule has 2 aromatic rings. The van der Waals surface area contributed by atoms with Gasteiger partial charge in [0.1, 0.15) is 6.17 Å². The molecule has 0 radical (unpaired) electrons. The smallest absolute Gasteiger partial charge is 0.333 e. The molecule has 1 saturated carbocycles. The third-order valence-electron chi connectivity index (χ3n) is 3.67. The van der Waals surface area contributed by atoms with Crippen LogP contribution < -0.4 is 5.32 Å². The SMILES string of the molecule is CC1Nc2nc3ccccc3n2C(=O)N1C1CC1. The van der Waals surface area contributed by atoms with Gasteiger partial charge in [0.15, 0.2) is 0 Å². The van der Waals surface area contributed by atoms with E-state index in [1.54, 1.807) is 4.57 Å². The third-order valence-corrected chi connectivity index (χ3v) is 3.67. The molecule has 0 bridgehead atoms. The van der Waals surface area contributed by atoms with E-state index < -0.39 is 0 Å². The van der Waals surface area contributed by atoms with E-state index in [-0.39, 0.29) is 12.2 Å². The van der Waals surface area contributed by atoms with Crippen molar-refractivity contribution in [1.82, 2.24) is 14.5 Å². The molecule has 1 aliphatic carbocycles. The third kappa shape index (κ3) is 1.21. The quantitative estimate of drug-likeness (QED) is 0.834. The van der Waals surface area contributed by atoms with Gasteiger partial charge in [-0.1, -0.05) is 12.1 Å². The molecule has 2 heterocycles. The van der Waals surface area contributed by atoms with Crippen molar-refractivity contribution in [3.8, 4) is 0 Å². The van der Waals surface area contributed by atoms with Crippen molar-refractivity contribution >= 4 is 23.0 Å². The Balaban J connectivity index is 1.92. The van der Waals surface area contributed by atoms with Gasteiger partial charge < -0.3 is 10.2 Å². The van der Waals surface area contributed by atoms with Crippen molar-refractivity contribution in [3.05, 3.63) is 24.3 Å². The first-order valence-electron chi connectivity index (χ1n) is 6.32. The van der Waals surface area contributed by atoms with Crippen LogP contribution >= 0.6 is 0 Å². The highest BCUT2D eigenvalue weighted by atomic mass is 16.2. The van der Waals surface area contributed by atoms with Crippen LogP contribution in [0.15, 0.2) is 24.3 Å². The molecule has 1 fully saturated rings. The molecular formula is C13H14N4O. The van der Waals surface area contributed by atoms with Gasteiger partial charge in [0, 0.05) is 6.04 Å². The molecule has 1 aliphatic heterocycles. The summed E-state index contributed by atoms with van der Waals surface area (Å²) in [6.45, 7) is 2.01. The van der Waals surface area contributed by atoms with Gasteiger partial charge in [0.25, 0.3) is 0 Å². The van der Waals surface area contributed by atoms with Gasteiger partial charge in [0.05, 0.1) is 11.0 Å². The Morgan fingerprint density at radius 3 is 2.89 bits per heavy atom. The molecule has 0 spiro atoms. The molecule has 18 heavy (non-hydrogen) atoms. The minimum atomic E-state index is 0.0225. The van der Waals surface area contributed by atoms with Gasteiger partial charge in [-0.25, -0.2) is 14.3 Å². The Hall–Kier alpha value is -2.04. The number of rotatable bonds is 1. The first-order chi connectivity index (χ1) is 8.75. The second kappa shape index (κ2) is 3.25. The Bertz CT molecular complexity index is 643. The summed E-state index contributed by atoms with van der Waals surface area (Å²) >= 11 is 0. The molecule has 1 atom stereocenters. The zero-order valence-corrected chi connectivity index (χ0v) is 10.1. The number of carbonyl (C=O) groups is 1. The van der Waals surface area contributed by atoms with E-state index in [0.717, 1.165) is 23.9 Å². The highest BCUT2D eigenvalue weighted by Crippen LogP contribution is 2.34. The van der Waals surface area contributed by atoms with Crippen LogP contribution in [-0.2, 0) is 0 Å². The van der Waals surface area contributed by atoms with Crippen molar-refractivity contribution in [2.24, 2.45) is 0 Å². The summed E-state index contributed by atoms with van der Waals surface area (Å²) in [5, 5.41) is 3.31. The fraction of sp³-hybridized carbons (Fsp3) is 0.385. The number of nitrogens with one attached hydrogen (secondary N) is 1. The summed E-state index contributed by atoms with van der Waals surface area (Å²) < 4.78 is 1.69. The summed E-state index contributed by atoms with van der Waals surface area (Å²) in [7, 11) is 0. The van der Waals surface area contributed by atoms with E-state index >= 15 is 0 Å². The van der Waals surface area contributed by atoms with Crippen LogP contribution in [0, 0.1) is 0 Å². The van der Waals surface area contributed by atoms with Crippen molar-refractivity contribution < 1.29 is 4.79 Å². The van der Waals surface area contributed by atoms with E-state index in [0.29, 0.717) is 12.0 Å². The first kappa shape index (κ1) is 9.94. The predicted octanol–water partition coefficient (Wildman–Crippen LogP) is 2.24. The van der Waals surface area contributed by atoms with E-state index in [1.165, 1.54) is 0 Å². The maximum atomic E-state index is 12.6. The molecule has 5 nitrogen and oxygen atoms in total. The molecular weight excluding hydrogens is 228 g/mol. The lowest BCUT2D eigenvalue weighted by Gasteiger charge is -2.34. The van der Waals surface area contributed by atoms with Gasteiger partial charge in [0.2, 0.25) is 5.95 Å². The first-order valence-corrected chi connectivity index (χ1v) is 6.32. The molecule has 1 aromatic heterocycles. The summed E-state index contributed by atoms with van der Waals surface area (Å²) in [6, 6.07) is 8.19. The lowest BCUT2D eigenvalue weighted by atomic mass is 10.3. The zero-order valence-electron chi connectivity index (χ0n) is 10.1. The largest absolute Gasteiger partial charge is 0.335 e. The van der Waals surface area contributed by atoms with Crippen molar-refractivity contribution in [1.29, 1.82) is 0 Å². The van der Waals surface area contributed by atoms with Crippen LogP contribution in [0.1, 0.15) is 19.8 Å². The number of anilines is 1. The molecule has 1 aromatic carbocycles. The Labute approximate surface area is 104 Å². The van der Waals surface area contributed by atoms with Crippen molar-refractivity contribution in [3.63, 3.8) is 0 Å². The Morgan fingerprint density at radius 1 is 1.33 bits per heavy atom. The minimum Gasteiger partial charge on any atom is -0.335 e. The van der Waals surface area contributed by atoms with Gasteiger partial charge in [-0.05, 0) is 31.9 Å².